The summed E-state index contributed by atoms with van der Waals surface area (Å²) >= 11 is 0.149. The molecule has 31 heavy (non-hydrogen) atoms. The molecule has 0 unspecified atom stereocenters. The van der Waals surface area contributed by atoms with E-state index in [0.717, 1.165) is 0 Å². The van der Waals surface area contributed by atoms with Crippen LogP contribution in [0.2, 0.25) is 8.87 Å². The predicted molar refractivity (Wildman–Crippen MR) is 121 cm³/mol. The second-order valence-corrected chi connectivity index (χ2v) is 11.1. The maximum Gasteiger partial charge on any atom is 0.307 e. The Balaban J connectivity index is 0.000000439. The summed E-state index contributed by atoms with van der Waals surface area (Å²) < 4.78 is 27.8. The van der Waals surface area contributed by atoms with Gasteiger partial charge >= 0.3 is 81.5 Å². The Hall–Kier alpha value is -1.96. The van der Waals surface area contributed by atoms with Crippen molar-refractivity contribution in [2.24, 2.45) is 0 Å². The number of carboxylic acids is 2. The van der Waals surface area contributed by atoms with E-state index in [-0.39, 0.29) is 45.6 Å². The Bertz CT molecular complexity index is 671. The number of halogens is 2. The van der Waals surface area contributed by atoms with Gasteiger partial charge in [-0.3, -0.25) is 9.59 Å². The van der Waals surface area contributed by atoms with Crippen molar-refractivity contribution >= 4 is 33.1 Å². The molecule has 2 aromatic carbocycles. The number of hydrogen-bond donors (Lipinski definition) is 2. The first-order valence-electron chi connectivity index (χ1n) is 10.4. The van der Waals surface area contributed by atoms with Crippen LogP contribution in [0.15, 0.2) is 48.5 Å². The summed E-state index contributed by atoms with van der Waals surface area (Å²) in [6, 6.07) is 10.8. The van der Waals surface area contributed by atoms with Crippen molar-refractivity contribution in [3.63, 3.8) is 0 Å². The maximum atomic E-state index is 12.3. The maximum absolute atomic E-state index is 12.3. The van der Waals surface area contributed by atoms with Crippen molar-refractivity contribution in [3.8, 4) is 0 Å². The minimum atomic E-state index is -0.906. The van der Waals surface area contributed by atoms with Gasteiger partial charge in [-0.25, -0.2) is 8.78 Å². The molecule has 0 atom stereocenters. The first-order chi connectivity index (χ1) is 14.8. The molecule has 0 saturated carbocycles. The molecule has 0 amide bonds. The molecule has 0 heterocycles. The van der Waals surface area contributed by atoms with E-state index < -0.39 is 11.9 Å². The van der Waals surface area contributed by atoms with E-state index in [2.05, 4.69) is 13.8 Å². The molecular weight excluding hydrogens is 509 g/mol. The molecule has 2 radical (unpaired) electrons. The smallest absolute Gasteiger partial charge is 0.307 e. The van der Waals surface area contributed by atoms with Crippen LogP contribution in [0.1, 0.15) is 50.7 Å². The van der Waals surface area contributed by atoms with Crippen LogP contribution < -0.4 is 0 Å². The van der Waals surface area contributed by atoms with Crippen molar-refractivity contribution < 1.29 is 28.6 Å². The van der Waals surface area contributed by atoms with Crippen LogP contribution >= 0.6 is 0 Å². The fraction of sp³-hybridized carbons (Fsp3) is 0.417. The first-order valence-corrected chi connectivity index (χ1v) is 14.4. The van der Waals surface area contributed by atoms with E-state index >= 15 is 0 Å². The Morgan fingerprint density at radius 1 is 0.710 bits per heavy atom. The van der Waals surface area contributed by atoms with Crippen LogP contribution in [-0.2, 0) is 22.4 Å². The molecule has 4 nitrogen and oxygen atoms in total. The van der Waals surface area contributed by atoms with E-state index in [0.29, 0.717) is 11.1 Å². The molecule has 0 aliphatic carbocycles. The van der Waals surface area contributed by atoms with Gasteiger partial charge in [0.2, 0.25) is 0 Å². The normalized spacial score (nSPS) is 9.68. The molecule has 0 saturated heterocycles. The Morgan fingerprint density at radius 2 is 1.03 bits per heavy atom. The topological polar surface area (TPSA) is 74.6 Å². The van der Waals surface area contributed by atoms with Gasteiger partial charge in [0.15, 0.2) is 0 Å². The number of hydrogen-bond acceptors (Lipinski definition) is 2. The van der Waals surface area contributed by atoms with Crippen LogP contribution in [0, 0.1) is 11.6 Å². The molecule has 2 N–H and O–H groups in total. The van der Waals surface area contributed by atoms with Crippen LogP contribution in [-0.4, -0.2) is 43.3 Å². The molecule has 0 bridgehead atoms. The predicted octanol–water partition coefficient (Wildman–Crippen LogP) is 6.03. The van der Waals surface area contributed by atoms with Crippen LogP contribution in [0.5, 0.6) is 0 Å². The average molecular weight is 541 g/mol. The summed E-state index contributed by atoms with van der Waals surface area (Å²) in [4.78, 5) is 20.3. The third kappa shape index (κ3) is 18.5. The van der Waals surface area contributed by atoms with E-state index in [9.17, 15) is 18.4 Å². The Morgan fingerprint density at radius 3 is 1.29 bits per heavy atom. The summed E-state index contributed by atoms with van der Waals surface area (Å²) in [5.41, 5.74) is 1.22. The molecule has 0 fully saturated rings. The number of carbonyl (C=O) groups is 2. The van der Waals surface area contributed by atoms with Crippen LogP contribution in [0.4, 0.5) is 8.78 Å². The van der Waals surface area contributed by atoms with Crippen molar-refractivity contribution in [3.05, 3.63) is 71.3 Å². The molecule has 7 heteroatoms. The van der Waals surface area contributed by atoms with Gasteiger partial charge in [-0.15, -0.1) is 0 Å². The number of aliphatic carboxylic acids is 2. The van der Waals surface area contributed by atoms with Gasteiger partial charge < -0.3 is 10.2 Å². The molecular formula is C24H32F2O4Sn. The van der Waals surface area contributed by atoms with E-state index in [1.165, 1.54) is 74.2 Å². The van der Waals surface area contributed by atoms with E-state index in [1.807, 2.05) is 0 Å². The van der Waals surface area contributed by atoms with Gasteiger partial charge in [0.25, 0.3) is 0 Å². The number of unbranched alkanes of at least 4 members (excludes halogenated alkanes) is 2. The molecule has 2 aromatic rings. The zero-order valence-corrected chi connectivity index (χ0v) is 21.1. The van der Waals surface area contributed by atoms with Gasteiger partial charge in [0.1, 0.15) is 11.6 Å². The van der Waals surface area contributed by atoms with Crippen molar-refractivity contribution in [2.75, 3.05) is 0 Å². The zero-order valence-electron chi connectivity index (χ0n) is 18.2. The quantitative estimate of drug-likeness (QED) is 0.285. The standard InChI is InChI=1S/2C8H7FO2.2C4H9.Sn/c2*9-7-3-1-6(2-4-7)5-8(10)11;2*1-3-4-2;/h2*1-4H,5H2,(H,10,11);2*1,3-4H2,2H3;. The Labute approximate surface area is 193 Å². The van der Waals surface area contributed by atoms with E-state index in [4.69, 9.17) is 10.2 Å². The molecule has 0 aliphatic rings. The second kappa shape index (κ2) is 18.8. The molecule has 2 rings (SSSR count). The third-order valence-electron chi connectivity index (χ3n) is 3.95. The summed E-state index contributed by atoms with van der Waals surface area (Å²) in [6.45, 7) is 4.58. The minimum absolute atomic E-state index is 0.0553. The summed E-state index contributed by atoms with van der Waals surface area (Å²) in [5.74, 6) is -2.51. The third-order valence-corrected chi connectivity index (χ3v) is 7.99. The van der Waals surface area contributed by atoms with Crippen molar-refractivity contribution in [1.29, 1.82) is 0 Å². The Kier molecular flexibility index (Phi) is 17.6. The van der Waals surface area contributed by atoms with Gasteiger partial charge in [-0.05, 0) is 35.4 Å². The average Bonchev–Trinajstić information content (AvgIpc) is 2.72. The molecule has 0 aliphatic heterocycles. The minimum Gasteiger partial charge on any atom is -0.481 e. The zero-order chi connectivity index (χ0) is 23.5. The van der Waals surface area contributed by atoms with Crippen molar-refractivity contribution in [1.82, 2.24) is 0 Å². The number of benzene rings is 2. The van der Waals surface area contributed by atoms with Crippen LogP contribution in [0.25, 0.3) is 0 Å². The molecule has 0 spiro atoms. The number of rotatable bonds is 10. The van der Waals surface area contributed by atoms with Gasteiger partial charge in [0.05, 0.1) is 12.8 Å². The largest absolute Gasteiger partial charge is 0.481 e. The van der Waals surface area contributed by atoms with Crippen LogP contribution in [0.3, 0.4) is 0 Å². The fourth-order valence-electron chi connectivity index (χ4n) is 2.28. The first kappa shape index (κ1) is 29.0. The fourth-order valence-corrected chi connectivity index (χ4v) is 6.44. The van der Waals surface area contributed by atoms with Crippen molar-refractivity contribution in [2.45, 2.75) is 61.2 Å². The monoisotopic (exact) mass is 542 g/mol. The SMILES string of the molecule is CCC[CH2][Sn][CH2]CCC.O=C(O)Cc1ccc(F)cc1.O=C(O)Cc1ccc(F)cc1. The summed E-state index contributed by atoms with van der Waals surface area (Å²) in [6.07, 6.45) is 5.73. The molecule has 0 aromatic heterocycles. The van der Waals surface area contributed by atoms with Gasteiger partial charge in [-0.2, -0.15) is 0 Å². The van der Waals surface area contributed by atoms with Gasteiger partial charge in [-0.1, -0.05) is 24.3 Å². The van der Waals surface area contributed by atoms with E-state index in [1.54, 1.807) is 8.87 Å². The van der Waals surface area contributed by atoms with Gasteiger partial charge in [0, 0.05) is 0 Å². The second-order valence-electron chi connectivity index (χ2n) is 6.85. The molecule has 170 valence electrons. The summed E-state index contributed by atoms with van der Waals surface area (Å²) in [7, 11) is 0. The number of carboxylic acid groups (broad SMARTS) is 2. The summed E-state index contributed by atoms with van der Waals surface area (Å²) in [5, 5.41) is 16.7.